The number of carbonyl (C=O) groups is 1. The van der Waals surface area contributed by atoms with Crippen molar-refractivity contribution in [1.29, 1.82) is 0 Å². The third-order valence-corrected chi connectivity index (χ3v) is 6.46. The molecular formula is C24H27N5O. The highest BCUT2D eigenvalue weighted by Gasteiger charge is 2.24. The molecular weight excluding hydrogens is 374 g/mol. The summed E-state index contributed by atoms with van der Waals surface area (Å²) in [6, 6.07) is 13.9. The molecule has 6 nitrogen and oxygen atoms in total. The lowest BCUT2D eigenvalue weighted by atomic mass is 9.81. The molecule has 2 heterocycles. The Labute approximate surface area is 175 Å². The number of hydrogen-bond donors (Lipinski definition) is 3. The van der Waals surface area contributed by atoms with Gasteiger partial charge in [0.1, 0.15) is 0 Å². The van der Waals surface area contributed by atoms with Gasteiger partial charge in [0.15, 0.2) is 5.82 Å². The Morgan fingerprint density at radius 2 is 1.87 bits per heavy atom. The average molecular weight is 402 g/mol. The normalized spacial score (nSPS) is 20.5. The number of aromatic nitrogens is 4. The molecule has 154 valence electrons. The standard InChI is InChI=1S/C24H27N5O/c1-14-8-10-17(11-9-14)22-18-12-20-21(13-19(18)28-29-22)27-23(26-20)24(30)25-15(2)16-6-4-3-5-7-16/h3-7,12-15,17H,8-11H2,1-2H3,(H,25,30)(H,26,27)(H,28,29)/t14?,15-,17?/m1/s1. The van der Waals surface area contributed by atoms with Crippen LogP contribution in [0.15, 0.2) is 42.5 Å². The molecule has 30 heavy (non-hydrogen) atoms. The van der Waals surface area contributed by atoms with E-state index in [9.17, 15) is 4.79 Å². The second-order valence-electron chi connectivity index (χ2n) is 8.67. The number of rotatable bonds is 4. The van der Waals surface area contributed by atoms with Crippen molar-refractivity contribution in [3.63, 3.8) is 0 Å². The van der Waals surface area contributed by atoms with E-state index in [1.807, 2.05) is 43.3 Å². The molecule has 3 N–H and O–H groups in total. The zero-order valence-electron chi connectivity index (χ0n) is 17.4. The number of aromatic amines is 2. The van der Waals surface area contributed by atoms with Crippen LogP contribution in [0.25, 0.3) is 21.9 Å². The van der Waals surface area contributed by atoms with E-state index < -0.39 is 0 Å². The monoisotopic (exact) mass is 401 g/mol. The van der Waals surface area contributed by atoms with Crippen LogP contribution in [0.3, 0.4) is 0 Å². The minimum Gasteiger partial charge on any atom is -0.343 e. The molecule has 5 rings (SSSR count). The van der Waals surface area contributed by atoms with Crippen LogP contribution in [0.5, 0.6) is 0 Å². The molecule has 0 aliphatic heterocycles. The summed E-state index contributed by atoms with van der Waals surface area (Å²) in [6.07, 6.45) is 4.89. The van der Waals surface area contributed by atoms with Crippen LogP contribution >= 0.6 is 0 Å². The van der Waals surface area contributed by atoms with Gasteiger partial charge >= 0.3 is 0 Å². The van der Waals surface area contributed by atoms with Crippen molar-refractivity contribution in [2.45, 2.75) is 51.5 Å². The van der Waals surface area contributed by atoms with Crippen molar-refractivity contribution in [3.05, 3.63) is 59.5 Å². The fraction of sp³-hybridized carbons (Fsp3) is 0.375. The van der Waals surface area contributed by atoms with Gasteiger partial charge in [-0.15, -0.1) is 0 Å². The number of imidazole rings is 1. The number of carbonyl (C=O) groups excluding carboxylic acids is 1. The van der Waals surface area contributed by atoms with Crippen LogP contribution < -0.4 is 5.32 Å². The van der Waals surface area contributed by atoms with E-state index in [2.05, 4.69) is 38.5 Å². The van der Waals surface area contributed by atoms with Crippen molar-refractivity contribution >= 4 is 27.8 Å². The van der Waals surface area contributed by atoms with Crippen LogP contribution in [0.2, 0.25) is 0 Å². The Morgan fingerprint density at radius 1 is 1.10 bits per heavy atom. The summed E-state index contributed by atoms with van der Waals surface area (Å²) in [4.78, 5) is 20.5. The number of nitrogens with one attached hydrogen (secondary N) is 3. The lowest BCUT2D eigenvalue weighted by Gasteiger charge is -2.24. The molecule has 1 atom stereocenters. The molecule has 0 radical (unpaired) electrons. The highest BCUT2D eigenvalue weighted by Crippen LogP contribution is 2.38. The summed E-state index contributed by atoms with van der Waals surface area (Å²) < 4.78 is 0. The largest absolute Gasteiger partial charge is 0.343 e. The number of benzene rings is 2. The molecule has 1 aliphatic carbocycles. The topological polar surface area (TPSA) is 86.5 Å². The first-order valence-corrected chi connectivity index (χ1v) is 10.8. The van der Waals surface area contributed by atoms with Crippen LogP contribution in [-0.2, 0) is 0 Å². The molecule has 4 aromatic rings. The zero-order valence-corrected chi connectivity index (χ0v) is 17.4. The van der Waals surface area contributed by atoms with Gasteiger partial charge in [-0.3, -0.25) is 9.89 Å². The first-order chi connectivity index (χ1) is 14.6. The van der Waals surface area contributed by atoms with Crippen molar-refractivity contribution in [1.82, 2.24) is 25.5 Å². The zero-order chi connectivity index (χ0) is 20.7. The first kappa shape index (κ1) is 18.9. The summed E-state index contributed by atoms with van der Waals surface area (Å²) in [5.74, 6) is 1.44. The van der Waals surface area contributed by atoms with E-state index in [-0.39, 0.29) is 11.9 Å². The van der Waals surface area contributed by atoms with Gasteiger partial charge in [-0.1, -0.05) is 50.1 Å². The van der Waals surface area contributed by atoms with Crippen molar-refractivity contribution in [3.8, 4) is 0 Å². The summed E-state index contributed by atoms with van der Waals surface area (Å²) in [7, 11) is 0. The van der Waals surface area contributed by atoms with E-state index in [1.54, 1.807) is 0 Å². The SMILES string of the molecule is CC1CCC(c2n[nH]c3cc4[nH]c(C(=O)N[C@H](C)c5ccccc5)nc4cc23)CC1. The Bertz CT molecular complexity index is 1180. The van der Waals surface area contributed by atoms with E-state index >= 15 is 0 Å². The third-order valence-electron chi connectivity index (χ3n) is 6.46. The minimum atomic E-state index is -0.203. The van der Waals surface area contributed by atoms with Crippen LogP contribution in [0.4, 0.5) is 0 Å². The van der Waals surface area contributed by atoms with Crippen LogP contribution in [-0.4, -0.2) is 26.1 Å². The molecule has 1 aliphatic rings. The fourth-order valence-electron chi connectivity index (χ4n) is 4.58. The van der Waals surface area contributed by atoms with E-state index in [1.165, 1.54) is 25.7 Å². The maximum Gasteiger partial charge on any atom is 0.287 e. The molecule has 2 aromatic carbocycles. The van der Waals surface area contributed by atoms with E-state index in [4.69, 9.17) is 0 Å². The highest BCUT2D eigenvalue weighted by atomic mass is 16.2. The molecule has 1 amide bonds. The van der Waals surface area contributed by atoms with Crippen molar-refractivity contribution in [2.24, 2.45) is 5.92 Å². The summed E-state index contributed by atoms with van der Waals surface area (Å²) in [5.41, 5.74) is 4.84. The summed E-state index contributed by atoms with van der Waals surface area (Å²) in [6.45, 7) is 4.31. The molecule has 0 saturated heterocycles. The fourth-order valence-corrected chi connectivity index (χ4v) is 4.58. The second-order valence-corrected chi connectivity index (χ2v) is 8.67. The molecule has 2 aromatic heterocycles. The molecule has 0 bridgehead atoms. The van der Waals surface area contributed by atoms with Crippen LogP contribution in [0, 0.1) is 5.92 Å². The molecule has 0 unspecified atom stereocenters. The van der Waals surface area contributed by atoms with Gasteiger partial charge in [0.2, 0.25) is 0 Å². The van der Waals surface area contributed by atoms with E-state index in [0.717, 1.165) is 39.1 Å². The lowest BCUT2D eigenvalue weighted by molar-refractivity contribution is 0.0930. The highest BCUT2D eigenvalue weighted by molar-refractivity contribution is 5.99. The van der Waals surface area contributed by atoms with Gasteiger partial charge < -0.3 is 10.3 Å². The Kier molecular flexibility index (Phi) is 4.77. The quantitative estimate of drug-likeness (QED) is 0.438. The Morgan fingerprint density at radius 3 is 2.63 bits per heavy atom. The number of amides is 1. The minimum absolute atomic E-state index is 0.0917. The number of fused-ring (bicyclic) bond motifs is 2. The number of H-pyrrole nitrogens is 2. The molecule has 1 fully saturated rings. The average Bonchev–Trinajstić information content (AvgIpc) is 3.37. The van der Waals surface area contributed by atoms with E-state index in [0.29, 0.717) is 11.7 Å². The first-order valence-electron chi connectivity index (χ1n) is 10.8. The van der Waals surface area contributed by atoms with Gasteiger partial charge in [0, 0.05) is 11.3 Å². The molecule has 1 saturated carbocycles. The maximum atomic E-state index is 12.7. The van der Waals surface area contributed by atoms with Crippen LogP contribution in [0.1, 0.15) is 73.4 Å². The van der Waals surface area contributed by atoms with Gasteiger partial charge in [0.05, 0.1) is 28.3 Å². The lowest BCUT2D eigenvalue weighted by Crippen LogP contribution is -2.27. The number of nitrogens with zero attached hydrogens (tertiary/aromatic N) is 2. The van der Waals surface area contributed by atoms with Gasteiger partial charge in [-0.05, 0) is 43.4 Å². The smallest absolute Gasteiger partial charge is 0.287 e. The second kappa shape index (κ2) is 7.59. The predicted octanol–water partition coefficient (Wildman–Crippen LogP) is 5.22. The molecule has 6 heteroatoms. The Balaban J connectivity index is 1.41. The van der Waals surface area contributed by atoms with Gasteiger partial charge in [-0.2, -0.15) is 5.10 Å². The van der Waals surface area contributed by atoms with Gasteiger partial charge in [0.25, 0.3) is 5.91 Å². The summed E-state index contributed by atoms with van der Waals surface area (Å²) >= 11 is 0. The van der Waals surface area contributed by atoms with Gasteiger partial charge in [-0.25, -0.2) is 4.98 Å². The predicted molar refractivity (Wildman–Crippen MR) is 118 cm³/mol. The maximum absolute atomic E-state index is 12.7. The Hall–Kier alpha value is -3.15. The summed E-state index contributed by atoms with van der Waals surface area (Å²) in [5, 5.41) is 12.0. The molecule has 0 spiro atoms. The third kappa shape index (κ3) is 3.47. The van der Waals surface area contributed by atoms with Crippen molar-refractivity contribution < 1.29 is 4.79 Å². The number of hydrogen-bond acceptors (Lipinski definition) is 3. The van der Waals surface area contributed by atoms with Crippen molar-refractivity contribution in [2.75, 3.05) is 0 Å².